The molecule has 3 fully saturated rings. The SMILES string of the molecule is CN=C(NCC1(C2CC2)CC1)N1CCC(C)CC1.I. The molecular weight excluding hydrogens is 349 g/mol. The number of piperidine rings is 1. The van der Waals surface area contributed by atoms with Gasteiger partial charge in [-0.15, -0.1) is 24.0 Å². The largest absolute Gasteiger partial charge is 0.356 e. The van der Waals surface area contributed by atoms with Crippen LogP contribution in [0.5, 0.6) is 0 Å². The predicted octanol–water partition coefficient (Wildman–Crippen LogP) is 3.10. The van der Waals surface area contributed by atoms with Gasteiger partial charge in [-0.3, -0.25) is 4.99 Å². The first-order valence-electron chi connectivity index (χ1n) is 7.69. The van der Waals surface area contributed by atoms with Crippen molar-refractivity contribution in [1.82, 2.24) is 10.2 Å². The van der Waals surface area contributed by atoms with Crippen LogP contribution in [0, 0.1) is 17.3 Å². The minimum absolute atomic E-state index is 0. The number of nitrogens with zero attached hydrogens (tertiary/aromatic N) is 2. The standard InChI is InChI=1S/C15H27N3.HI/c1-12-5-9-18(10-6-12)14(16-2)17-11-15(7-8-15)13-3-4-13;/h12-13H,3-11H2,1-2H3,(H,16,17);1H. The summed E-state index contributed by atoms with van der Waals surface area (Å²) in [5.41, 5.74) is 0.666. The summed E-state index contributed by atoms with van der Waals surface area (Å²) < 4.78 is 0. The van der Waals surface area contributed by atoms with Crippen LogP contribution in [0.2, 0.25) is 0 Å². The maximum absolute atomic E-state index is 4.48. The lowest BCUT2D eigenvalue weighted by molar-refractivity contribution is 0.270. The topological polar surface area (TPSA) is 27.6 Å². The average molecular weight is 377 g/mol. The fourth-order valence-corrected chi connectivity index (χ4v) is 3.39. The molecule has 3 rings (SSSR count). The van der Waals surface area contributed by atoms with Crippen LogP contribution in [-0.4, -0.2) is 37.5 Å². The number of hydrogen-bond donors (Lipinski definition) is 1. The Kier molecular flexibility index (Phi) is 5.01. The first-order chi connectivity index (χ1) is 8.73. The molecule has 0 atom stereocenters. The number of likely N-dealkylation sites (tertiary alicyclic amines) is 1. The molecule has 0 unspecified atom stereocenters. The molecule has 3 aliphatic rings. The molecule has 0 aromatic heterocycles. The highest BCUT2D eigenvalue weighted by Crippen LogP contribution is 2.60. The van der Waals surface area contributed by atoms with Gasteiger partial charge < -0.3 is 10.2 Å². The van der Waals surface area contributed by atoms with Crippen molar-refractivity contribution in [1.29, 1.82) is 0 Å². The van der Waals surface area contributed by atoms with Crippen LogP contribution in [0.25, 0.3) is 0 Å². The highest BCUT2D eigenvalue weighted by atomic mass is 127. The van der Waals surface area contributed by atoms with Gasteiger partial charge in [0.25, 0.3) is 0 Å². The molecule has 1 N–H and O–H groups in total. The number of aliphatic imine (C=N–C) groups is 1. The number of nitrogens with one attached hydrogen (secondary N) is 1. The van der Waals surface area contributed by atoms with E-state index < -0.39 is 0 Å². The molecule has 0 bridgehead atoms. The third-order valence-corrected chi connectivity index (χ3v) is 5.23. The Morgan fingerprint density at radius 2 is 1.84 bits per heavy atom. The molecule has 0 aromatic rings. The van der Waals surface area contributed by atoms with Gasteiger partial charge in [0.1, 0.15) is 0 Å². The molecule has 1 saturated heterocycles. The van der Waals surface area contributed by atoms with Gasteiger partial charge in [-0.2, -0.15) is 0 Å². The molecule has 2 aliphatic carbocycles. The highest BCUT2D eigenvalue weighted by Gasteiger charge is 2.53. The van der Waals surface area contributed by atoms with Crippen LogP contribution in [0.4, 0.5) is 0 Å². The molecule has 1 aliphatic heterocycles. The van der Waals surface area contributed by atoms with E-state index in [-0.39, 0.29) is 24.0 Å². The summed E-state index contributed by atoms with van der Waals surface area (Å²) in [5, 5.41) is 3.65. The number of rotatable bonds is 3. The molecule has 19 heavy (non-hydrogen) atoms. The maximum atomic E-state index is 4.48. The molecule has 0 spiro atoms. The van der Waals surface area contributed by atoms with E-state index in [2.05, 4.69) is 22.1 Å². The molecule has 110 valence electrons. The quantitative estimate of drug-likeness (QED) is 0.465. The van der Waals surface area contributed by atoms with Gasteiger partial charge in [-0.05, 0) is 55.8 Å². The van der Waals surface area contributed by atoms with Crippen molar-refractivity contribution in [2.45, 2.75) is 45.4 Å². The van der Waals surface area contributed by atoms with Gasteiger partial charge in [0.2, 0.25) is 0 Å². The van der Waals surface area contributed by atoms with Crippen molar-refractivity contribution < 1.29 is 0 Å². The van der Waals surface area contributed by atoms with Gasteiger partial charge in [0.05, 0.1) is 0 Å². The molecule has 0 amide bonds. The van der Waals surface area contributed by atoms with E-state index >= 15 is 0 Å². The van der Waals surface area contributed by atoms with E-state index in [9.17, 15) is 0 Å². The van der Waals surface area contributed by atoms with Crippen LogP contribution >= 0.6 is 24.0 Å². The second-order valence-corrected chi connectivity index (χ2v) is 6.71. The Morgan fingerprint density at radius 1 is 1.21 bits per heavy atom. The second-order valence-electron chi connectivity index (χ2n) is 6.71. The minimum Gasteiger partial charge on any atom is -0.356 e. The zero-order chi connectivity index (χ0) is 12.6. The first kappa shape index (κ1) is 15.4. The van der Waals surface area contributed by atoms with Gasteiger partial charge in [0.15, 0.2) is 5.96 Å². The zero-order valence-corrected chi connectivity index (χ0v) is 14.7. The lowest BCUT2D eigenvalue weighted by atomic mass is 9.99. The van der Waals surface area contributed by atoms with Crippen LogP contribution in [-0.2, 0) is 0 Å². The third kappa shape index (κ3) is 3.56. The number of hydrogen-bond acceptors (Lipinski definition) is 1. The van der Waals surface area contributed by atoms with E-state index in [0.29, 0.717) is 5.41 Å². The maximum Gasteiger partial charge on any atom is 0.193 e. The van der Waals surface area contributed by atoms with Gasteiger partial charge >= 0.3 is 0 Å². The summed E-state index contributed by atoms with van der Waals surface area (Å²) in [7, 11) is 1.93. The van der Waals surface area contributed by atoms with Crippen LogP contribution < -0.4 is 5.32 Å². The van der Waals surface area contributed by atoms with Crippen molar-refractivity contribution >= 4 is 29.9 Å². The highest BCUT2D eigenvalue weighted by molar-refractivity contribution is 14.0. The zero-order valence-electron chi connectivity index (χ0n) is 12.3. The van der Waals surface area contributed by atoms with E-state index in [1.54, 1.807) is 0 Å². The summed E-state index contributed by atoms with van der Waals surface area (Å²) in [4.78, 5) is 6.93. The Morgan fingerprint density at radius 3 is 2.32 bits per heavy atom. The Bertz CT molecular complexity index is 326. The molecule has 0 aromatic carbocycles. The van der Waals surface area contributed by atoms with Crippen molar-refractivity contribution in [2.75, 3.05) is 26.7 Å². The summed E-state index contributed by atoms with van der Waals surface area (Å²) in [6.07, 6.45) is 8.46. The van der Waals surface area contributed by atoms with Gasteiger partial charge in [0, 0.05) is 26.7 Å². The second kappa shape index (κ2) is 6.19. The van der Waals surface area contributed by atoms with Gasteiger partial charge in [-0.25, -0.2) is 0 Å². The lowest BCUT2D eigenvalue weighted by Crippen LogP contribution is -2.47. The minimum atomic E-state index is 0. The van der Waals surface area contributed by atoms with Crippen molar-refractivity contribution in [3.8, 4) is 0 Å². The number of halogens is 1. The van der Waals surface area contributed by atoms with Crippen LogP contribution in [0.3, 0.4) is 0 Å². The van der Waals surface area contributed by atoms with E-state index in [4.69, 9.17) is 0 Å². The Hall–Kier alpha value is 0. The van der Waals surface area contributed by atoms with Crippen LogP contribution in [0.1, 0.15) is 45.4 Å². The van der Waals surface area contributed by atoms with Crippen molar-refractivity contribution in [3.63, 3.8) is 0 Å². The van der Waals surface area contributed by atoms with Crippen LogP contribution in [0.15, 0.2) is 4.99 Å². The van der Waals surface area contributed by atoms with E-state index in [0.717, 1.165) is 24.3 Å². The predicted molar refractivity (Wildman–Crippen MR) is 91.1 cm³/mol. The van der Waals surface area contributed by atoms with Crippen molar-refractivity contribution in [3.05, 3.63) is 0 Å². The molecule has 1 heterocycles. The lowest BCUT2D eigenvalue weighted by Gasteiger charge is -2.33. The molecule has 3 nitrogen and oxygen atoms in total. The normalized spacial score (nSPS) is 26.8. The number of guanidine groups is 1. The van der Waals surface area contributed by atoms with Crippen molar-refractivity contribution in [2.24, 2.45) is 22.2 Å². The summed E-state index contributed by atoms with van der Waals surface area (Å²) in [6, 6.07) is 0. The Labute approximate surface area is 134 Å². The smallest absolute Gasteiger partial charge is 0.193 e. The molecule has 2 saturated carbocycles. The fraction of sp³-hybridized carbons (Fsp3) is 0.933. The summed E-state index contributed by atoms with van der Waals surface area (Å²) in [6.45, 7) is 5.88. The third-order valence-electron chi connectivity index (χ3n) is 5.23. The average Bonchev–Trinajstić information content (AvgIpc) is 3.25. The molecule has 0 radical (unpaired) electrons. The summed E-state index contributed by atoms with van der Waals surface area (Å²) >= 11 is 0. The van der Waals surface area contributed by atoms with E-state index in [1.807, 2.05) is 7.05 Å². The summed E-state index contributed by atoms with van der Waals surface area (Å²) in [5.74, 6) is 3.07. The van der Waals surface area contributed by atoms with Gasteiger partial charge in [-0.1, -0.05) is 6.92 Å². The van der Waals surface area contributed by atoms with E-state index in [1.165, 1.54) is 51.6 Å². The monoisotopic (exact) mass is 377 g/mol. The molecule has 4 heteroatoms. The molecular formula is C15H28IN3. The Balaban J connectivity index is 0.00000133. The first-order valence-corrected chi connectivity index (χ1v) is 7.69. The fourth-order valence-electron chi connectivity index (χ4n) is 3.39.